The second-order valence-corrected chi connectivity index (χ2v) is 12.8. The molecule has 0 saturated carbocycles. The first-order chi connectivity index (χ1) is 15.0. The number of nitrogens with zero attached hydrogens (tertiary/aromatic N) is 2. The second-order valence-electron chi connectivity index (χ2n) is 9.27. The van der Waals surface area contributed by atoms with Gasteiger partial charge >= 0.3 is 5.69 Å². The van der Waals surface area contributed by atoms with Gasteiger partial charge in [-0.15, -0.1) is 0 Å². The highest BCUT2D eigenvalue weighted by atomic mass is 31.2. The number of aryl methyl sites for hydroxylation is 1. The zero-order valence-electron chi connectivity index (χ0n) is 19.3. The lowest BCUT2D eigenvalue weighted by atomic mass is 9.92. The molecule has 1 aromatic heterocycles. The quantitative estimate of drug-likeness (QED) is 0.603. The molecule has 2 aromatic rings. The van der Waals surface area contributed by atoms with E-state index in [-0.39, 0.29) is 31.3 Å². The van der Waals surface area contributed by atoms with E-state index in [1.165, 1.54) is 10.8 Å². The van der Waals surface area contributed by atoms with Crippen molar-refractivity contribution in [3.05, 3.63) is 68.5 Å². The van der Waals surface area contributed by atoms with Gasteiger partial charge in [-0.3, -0.25) is 9.36 Å². The van der Waals surface area contributed by atoms with E-state index in [9.17, 15) is 19.3 Å². The summed E-state index contributed by atoms with van der Waals surface area (Å²) < 4.78 is 26.3. The highest BCUT2D eigenvalue weighted by molar-refractivity contribution is 7.62. The summed E-state index contributed by atoms with van der Waals surface area (Å²) >= 11 is 0. The number of aromatic nitrogens is 2. The van der Waals surface area contributed by atoms with Crippen molar-refractivity contribution in [2.24, 2.45) is 11.8 Å². The van der Waals surface area contributed by atoms with Gasteiger partial charge in [0.2, 0.25) is 0 Å². The molecule has 1 aromatic carbocycles. The molecule has 3 rings (SSSR count). The minimum atomic E-state index is -2.27. The maximum atomic E-state index is 13.1. The van der Waals surface area contributed by atoms with E-state index < -0.39 is 30.7 Å². The van der Waals surface area contributed by atoms with Crippen LogP contribution in [-0.4, -0.2) is 45.9 Å². The molecule has 8 nitrogen and oxygen atoms in total. The third-order valence-corrected chi connectivity index (χ3v) is 7.36. The summed E-state index contributed by atoms with van der Waals surface area (Å²) in [6, 6.07) is 9.47. The number of benzene rings is 1. The van der Waals surface area contributed by atoms with E-state index in [1.807, 2.05) is 44.2 Å². The summed E-state index contributed by atoms with van der Waals surface area (Å²) in [5, 5.41) is 10.9. The number of ether oxygens (including phenoxy) is 2. The van der Waals surface area contributed by atoms with Gasteiger partial charge in [-0.25, -0.2) is 9.36 Å². The number of rotatable bonds is 8. The highest BCUT2D eigenvalue weighted by Crippen LogP contribution is 2.44. The van der Waals surface area contributed by atoms with Gasteiger partial charge in [-0.2, -0.15) is 0 Å². The van der Waals surface area contributed by atoms with Gasteiger partial charge in [0.05, 0.1) is 19.9 Å². The van der Waals surface area contributed by atoms with Crippen LogP contribution in [0.15, 0.2) is 46.1 Å². The van der Waals surface area contributed by atoms with Crippen LogP contribution in [0.3, 0.4) is 0 Å². The molecular formula is C23H33N2O6P. The summed E-state index contributed by atoms with van der Waals surface area (Å²) in [6.45, 7) is 8.93. The number of hydrogen-bond acceptors (Lipinski definition) is 6. The fourth-order valence-electron chi connectivity index (χ4n) is 4.38. The minimum absolute atomic E-state index is 0.0533. The molecule has 1 N–H and O–H groups in total. The zero-order chi connectivity index (χ0) is 23.6. The molecule has 0 unspecified atom stereocenters. The molecule has 2 heterocycles. The lowest BCUT2D eigenvalue weighted by Crippen LogP contribution is -2.44. The smallest absolute Gasteiger partial charge is 0.335 e. The van der Waals surface area contributed by atoms with Crippen molar-refractivity contribution in [1.29, 1.82) is 0 Å². The predicted octanol–water partition coefficient (Wildman–Crippen LogP) is 2.65. The maximum absolute atomic E-state index is 13.1. The molecule has 0 spiro atoms. The Morgan fingerprint density at radius 2 is 1.88 bits per heavy atom. The van der Waals surface area contributed by atoms with Crippen LogP contribution in [0, 0.1) is 18.8 Å². The summed E-state index contributed by atoms with van der Waals surface area (Å²) in [5.74, 6) is -0.314. The lowest BCUT2D eigenvalue weighted by Gasteiger charge is -2.24. The van der Waals surface area contributed by atoms with Crippen molar-refractivity contribution >= 4 is 7.14 Å². The van der Waals surface area contributed by atoms with Crippen LogP contribution >= 0.6 is 7.14 Å². The maximum Gasteiger partial charge on any atom is 0.335 e. The highest BCUT2D eigenvalue weighted by Gasteiger charge is 2.45. The van der Waals surface area contributed by atoms with Gasteiger partial charge in [-0.1, -0.05) is 44.2 Å². The van der Waals surface area contributed by atoms with E-state index in [1.54, 1.807) is 20.3 Å². The summed E-state index contributed by atoms with van der Waals surface area (Å²) in [4.78, 5) is 25.7. The third-order valence-electron chi connectivity index (χ3n) is 5.91. The molecular weight excluding hydrogens is 431 g/mol. The van der Waals surface area contributed by atoms with Gasteiger partial charge in [0.15, 0.2) is 6.23 Å². The topological polar surface area (TPSA) is 99.8 Å². The van der Waals surface area contributed by atoms with Crippen LogP contribution in [0.4, 0.5) is 0 Å². The Morgan fingerprint density at radius 1 is 1.22 bits per heavy atom. The number of hydrogen-bond donors (Lipinski definition) is 1. The largest absolute Gasteiger partial charge is 0.388 e. The Kier molecular flexibility index (Phi) is 7.61. The van der Waals surface area contributed by atoms with Crippen molar-refractivity contribution in [3.8, 4) is 0 Å². The Morgan fingerprint density at radius 3 is 2.50 bits per heavy atom. The van der Waals surface area contributed by atoms with Crippen molar-refractivity contribution in [2.75, 3.05) is 19.5 Å². The first kappa shape index (κ1) is 24.6. The number of aliphatic hydroxyl groups is 1. The first-order valence-corrected chi connectivity index (χ1v) is 13.6. The van der Waals surface area contributed by atoms with Crippen molar-refractivity contribution < 1.29 is 19.1 Å². The van der Waals surface area contributed by atoms with Crippen LogP contribution in [-0.2, 0) is 27.4 Å². The monoisotopic (exact) mass is 464 g/mol. The fraction of sp³-hybridized carbons (Fsp3) is 0.565. The Hall–Kier alpha value is -1.99. The Bertz CT molecular complexity index is 1090. The molecule has 0 amide bonds. The predicted molar refractivity (Wildman–Crippen MR) is 123 cm³/mol. The van der Waals surface area contributed by atoms with Crippen molar-refractivity contribution in [3.63, 3.8) is 0 Å². The summed E-state index contributed by atoms with van der Waals surface area (Å²) in [5.41, 5.74) is 0.231. The van der Waals surface area contributed by atoms with Crippen LogP contribution in [0.2, 0.25) is 0 Å². The van der Waals surface area contributed by atoms with E-state index in [2.05, 4.69) is 0 Å². The molecule has 1 aliphatic rings. The average molecular weight is 464 g/mol. The molecule has 0 aliphatic carbocycles. The van der Waals surface area contributed by atoms with Crippen LogP contribution < -0.4 is 11.2 Å². The Balaban J connectivity index is 1.84. The third kappa shape index (κ3) is 5.49. The Labute approximate surface area is 188 Å². The van der Waals surface area contributed by atoms with E-state index in [0.29, 0.717) is 11.7 Å². The SMILES string of the molecule is Cc1cn([C@@H]2O[C@H]([C@@H](C)CP(C)(C)=O)[C@@H](C)[C@H]2O)c(=O)n(COCc2ccccc2)c1=O. The molecule has 0 radical (unpaired) electrons. The van der Waals surface area contributed by atoms with Crippen LogP contribution in [0.25, 0.3) is 0 Å². The molecule has 9 heteroatoms. The van der Waals surface area contributed by atoms with Gasteiger partial charge in [0.1, 0.15) is 12.8 Å². The minimum Gasteiger partial charge on any atom is -0.388 e. The standard InChI is InChI=1S/C23H33N2O6P/c1-15-11-24(22-19(26)17(3)20(31-22)16(2)13-32(4,5)29)23(28)25(21(15)27)14-30-12-18-9-7-6-8-10-18/h6-11,16-17,19-20,22,26H,12-14H2,1-5H3/t16-,17-,19+,20+,22+/m0/s1. The second kappa shape index (κ2) is 9.87. The number of aliphatic hydroxyl groups excluding tert-OH is 1. The van der Waals surface area contributed by atoms with Gasteiger partial charge < -0.3 is 19.1 Å². The molecule has 0 bridgehead atoms. The van der Waals surface area contributed by atoms with Crippen LogP contribution in [0.5, 0.6) is 0 Å². The lowest BCUT2D eigenvalue weighted by molar-refractivity contribution is -0.0537. The molecule has 5 atom stereocenters. The summed E-state index contributed by atoms with van der Waals surface area (Å²) in [7, 11) is -2.27. The van der Waals surface area contributed by atoms with E-state index in [4.69, 9.17) is 9.47 Å². The van der Waals surface area contributed by atoms with Gasteiger partial charge in [0, 0.05) is 23.8 Å². The first-order valence-electron chi connectivity index (χ1n) is 10.8. The summed E-state index contributed by atoms with van der Waals surface area (Å²) in [6.07, 6.45) is -0.314. The normalized spacial score (nSPS) is 24.6. The van der Waals surface area contributed by atoms with Gasteiger partial charge in [-0.05, 0) is 31.7 Å². The van der Waals surface area contributed by atoms with E-state index in [0.717, 1.165) is 10.1 Å². The molecule has 1 fully saturated rings. The van der Waals surface area contributed by atoms with E-state index >= 15 is 0 Å². The average Bonchev–Trinajstić information content (AvgIpc) is 3.02. The molecule has 176 valence electrons. The van der Waals surface area contributed by atoms with Crippen LogP contribution in [0.1, 0.15) is 31.2 Å². The van der Waals surface area contributed by atoms with Crippen molar-refractivity contribution in [2.45, 2.75) is 52.5 Å². The molecule has 1 saturated heterocycles. The van der Waals surface area contributed by atoms with Crippen molar-refractivity contribution in [1.82, 2.24) is 9.13 Å². The fourth-order valence-corrected chi connectivity index (χ4v) is 5.98. The molecule has 32 heavy (non-hydrogen) atoms. The molecule has 1 aliphatic heterocycles. The zero-order valence-corrected chi connectivity index (χ0v) is 20.2. The van der Waals surface area contributed by atoms with Gasteiger partial charge in [0.25, 0.3) is 5.56 Å².